The minimum atomic E-state index is 1.02. The molecule has 0 aliphatic carbocycles. The van der Waals surface area contributed by atoms with Crippen molar-refractivity contribution in [2.24, 2.45) is 0 Å². The zero-order valence-corrected chi connectivity index (χ0v) is 6.01. The van der Waals surface area contributed by atoms with Gasteiger partial charge in [0.25, 0.3) is 0 Å². The highest BCUT2D eigenvalue weighted by Crippen LogP contribution is 1.78. The summed E-state index contributed by atoms with van der Waals surface area (Å²) in [5.41, 5.74) is 0. The van der Waals surface area contributed by atoms with Gasteiger partial charge in [0.2, 0.25) is 0 Å². The van der Waals surface area contributed by atoms with Crippen LogP contribution in [-0.2, 0) is 0 Å². The van der Waals surface area contributed by atoms with Crippen molar-refractivity contribution >= 4 is 6.21 Å². The van der Waals surface area contributed by atoms with Gasteiger partial charge in [-0.05, 0) is 6.08 Å². The molecule has 0 N–H and O–H groups in total. The van der Waals surface area contributed by atoms with E-state index in [-0.39, 0.29) is 0 Å². The largest absolute Gasteiger partial charge is 0.238 e. The highest BCUT2D eigenvalue weighted by atomic mass is 14.9. The maximum Gasteiger partial charge on any atom is 0.162 e. The molecule has 0 aromatic carbocycles. The summed E-state index contributed by atoms with van der Waals surface area (Å²) in [6, 6.07) is 0. The van der Waals surface area contributed by atoms with E-state index in [0.717, 1.165) is 13.0 Å². The van der Waals surface area contributed by atoms with Crippen molar-refractivity contribution in [3.05, 3.63) is 25.3 Å². The number of rotatable bonds is 4. The predicted octanol–water partition coefficient (Wildman–Crippen LogP) is 1.46. The maximum atomic E-state index is 3.63. The standard InChI is InChI=1S/C8H14N/c1-4-6-8-9(3)7-5-2/h4-5,7H,1-2,6,8H2,3H3/q+1. The molecule has 1 heteroatoms. The topological polar surface area (TPSA) is 3.01 Å². The maximum absolute atomic E-state index is 3.63. The van der Waals surface area contributed by atoms with Crippen molar-refractivity contribution in [1.82, 2.24) is 0 Å². The first-order chi connectivity index (χ1) is 4.31. The Morgan fingerprint density at radius 1 is 1.44 bits per heavy atom. The van der Waals surface area contributed by atoms with Crippen LogP contribution in [0, 0.1) is 0 Å². The van der Waals surface area contributed by atoms with Gasteiger partial charge in [-0.1, -0.05) is 12.7 Å². The van der Waals surface area contributed by atoms with Gasteiger partial charge in [0.15, 0.2) is 6.21 Å². The summed E-state index contributed by atoms with van der Waals surface area (Å²) < 4.78 is 2.08. The van der Waals surface area contributed by atoms with Crippen molar-refractivity contribution in [3.63, 3.8) is 0 Å². The molecule has 0 saturated heterocycles. The lowest BCUT2D eigenvalue weighted by atomic mass is 10.4. The molecule has 0 aromatic heterocycles. The summed E-state index contributed by atoms with van der Waals surface area (Å²) in [6.45, 7) is 8.24. The van der Waals surface area contributed by atoms with Crippen molar-refractivity contribution in [2.45, 2.75) is 6.42 Å². The van der Waals surface area contributed by atoms with Gasteiger partial charge in [-0.3, -0.25) is 0 Å². The lowest BCUT2D eigenvalue weighted by Gasteiger charge is -1.89. The summed E-state index contributed by atoms with van der Waals surface area (Å²) in [6.07, 6.45) is 6.67. The van der Waals surface area contributed by atoms with Gasteiger partial charge in [0, 0.05) is 6.42 Å². The molecule has 0 atom stereocenters. The molecule has 0 aliphatic rings. The fraction of sp³-hybridized carbons (Fsp3) is 0.375. The second-order valence-electron chi connectivity index (χ2n) is 1.94. The molecule has 0 bridgehead atoms. The number of hydrogen-bond donors (Lipinski definition) is 0. The second-order valence-corrected chi connectivity index (χ2v) is 1.94. The Balaban J connectivity index is 3.47. The van der Waals surface area contributed by atoms with Crippen molar-refractivity contribution in [3.8, 4) is 0 Å². The quantitative estimate of drug-likeness (QED) is 0.303. The van der Waals surface area contributed by atoms with Gasteiger partial charge in [-0.25, -0.2) is 4.58 Å². The Labute approximate surface area is 57.0 Å². The van der Waals surface area contributed by atoms with Crippen LogP contribution in [0.4, 0.5) is 0 Å². The van der Waals surface area contributed by atoms with Crippen LogP contribution in [0.5, 0.6) is 0 Å². The monoisotopic (exact) mass is 124 g/mol. The Hall–Kier alpha value is -0.850. The van der Waals surface area contributed by atoms with Crippen LogP contribution in [0.1, 0.15) is 6.42 Å². The molecule has 0 radical (unpaired) electrons. The third-order valence-electron chi connectivity index (χ3n) is 1.05. The Morgan fingerprint density at radius 2 is 2.11 bits per heavy atom. The third-order valence-corrected chi connectivity index (χ3v) is 1.05. The van der Waals surface area contributed by atoms with E-state index in [9.17, 15) is 0 Å². The van der Waals surface area contributed by atoms with Crippen molar-refractivity contribution < 1.29 is 4.58 Å². The van der Waals surface area contributed by atoms with Crippen LogP contribution in [0.25, 0.3) is 0 Å². The smallest absolute Gasteiger partial charge is 0.162 e. The van der Waals surface area contributed by atoms with E-state index in [2.05, 4.69) is 17.7 Å². The molecule has 9 heavy (non-hydrogen) atoms. The van der Waals surface area contributed by atoms with Crippen LogP contribution in [0.3, 0.4) is 0 Å². The van der Waals surface area contributed by atoms with Crippen LogP contribution < -0.4 is 0 Å². The molecule has 0 amide bonds. The minimum Gasteiger partial charge on any atom is -0.238 e. The van der Waals surface area contributed by atoms with E-state index >= 15 is 0 Å². The lowest BCUT2D eigenvalue weighted by Crippen LogP contribution is -2.06. The normalized spacial score (nSPS) is 11.0. The van der Waals surface area contributed by atoms with Crippen LogP contribution >= 0.6 is 0 Å². The van der Waals surface area contributed by atoms with Crippen LogP contribution in [0.2, 0.25) is 0 Å². The Bertz CT molecular complexity index is 123. The SMILES string of the molecule is C=CC=[N+](C)CCC=C. The molecule has 0 unspecified atom stereocenters. The molecular formula is C8H14N+. The number of nitrogens with zero attached hydrogens (tertiary/aromatic N) is 1. The van der Waals surface area contributed by atoms with Gasteiger partial charge in [0.05, 0.1) is 0 Å². The lowest BCUT2D eigenvalue weighted by molar-refractivity contribution is -0.490. The van der Waals surface area contributed by atoms with E-state index in [4.69, 9.17) is 0 Å². The van der Waals surface area contributed by atoms with E-state index in [1.165, 1.54) is 0 Å². The summed E-state index contributed by atoms with van der Waals surface area (Å²) in [5, 5.41) is 0. The average Bonchev–Trinajstić information content (AvgIpc) is 1.85. The minimum absolute atomic E-state index is 1.02. The first kappa shape index (κ1) is 8.15. The summed E-state index contributed by atoms with van der Waals surface area (Å²) in [5.74, 6) is 0. The first-order valence-corrected chi connectivity index (χ1v) is 3.08. The number of hydrogen-bond acceptors (Lipinski definition) is 0. The summed E-state index contributed by atoms with van der Waals surface area (Å²) in [7, 11) is 2.02. The molecule has 0 heterocycles. The molecule has 0 rings (SSSR count). The van der Waals surface area contributed by atoms with E-state index < -0.39 is 0 Å². The molecule has 1 nitrogen and oxygen atoms in total. The van der Waals surface area contributed by atoms with E-state index in [1.807, 2.05) is 19.3 Å². The molecule has 0 spiro atoms. The van der Waals surface area contributed by atoms with Crippen LogP contribution in [-0.4, -0.2) is 24.4 Å². The fourth-order valence-corrected chi connectivity index (χ4v) is 0.549. The van der Waals surface area contributed by atoms with Gasteiger partial charge in [-0.2, -0.15) is 0 Å². The van der Waals surface area contributed by atoms with Gasteiger partial charge in [0.1, 0.15) is 13.6 Å². The van der Waals surface area contributed by atoms with Crippen molar-refractivity contribution in [2.75, 3.05) is 13.6 Å². The Morgan fingerprint density at radius 3 is 2.56 bits per heavy atom. The average molecular weight is 124 g/mol. The van der Waals surface area contributed by atoms with Gasteiger partial charge < -0.3 is 0 Å². The molecule has 50 valence electrons. The third kappa shape index (κ3) is 5.01. The molecule has 0 saturated carbocycles. The highest BCUT2D eigenvalue weighted by Gasteiger charge is 1.87. The molecule has 0 aliphatic heterocycles. The zero-order chi connectivity index (χ0) is 7.11. The molecular weight excluding hydrogens is 110 g/mol. The molecule has 0 aromatic rings. The molecule has 0 fully saturated rings. The summed E-state index contributed by atoms with van der Waals surface area (Å²) in [4.78, 5) is 0. The highest BCUT2D eigenvalue weighted by molar-refractivity contribution is 5.64. The first-order valence-electron chi connectivity index (χ1n) is 3.08. The van der Waals surface area contributed by atoms with E-state index in [0.29, 0.717) is 0 Å². The van der Waals surface area contributed by atoms with Crippen LogP contribution in [0.15, 0.2) is 25.3 Å². The summed E-state index contributed by atoms with van der Waals surface area (Å²) >= 11 is 0. The Kier molecular flexibility index (Phi) is 4.79. The van der Waals surface area contributed by atoms with E-state index in [1.54, 1.807) is 6.08 Å². The second kappa shape index (κ2) is 5.29. The van der Waals surface area contributed by atoms with Crippen molar-refractivity contribution in [1.29, 1.82) is 0 Å². The van der Waals surface area contributed by atoms with Gasteiger partial charge >= 0.3 is 0 Å². The fourth-order valence-electron chi connectivity index (χ4n) is 0.549. The predicted molar refractivity (Wildman–Crippen MR) is 42.1 cm³/mol. The number of allylic oxidation sites excluding steroid dienone is 1. The zero-order valence-electron chi connectivity index (χ0n) is 6.01. The van der Waals surface area contributed by atoms with Gasteiger partial charge in [-0.15, -0.1) is 6.58 Å².